The molecule has 0 atom stereocenters. The Kier molecular flexibility index (Phi) is 6.35. The Bertz CT molecular complexity index is 837. The average molecular weight is 406 g/mol. The summed E-state index contributed by atoms with van der Waals surface area (Å²) in [5.74, 6) is 1.35. The molecule has 5 heteroatoms. The first-order valence-corrected chi connectivity index (χ1v) is 7.84. The number of nitrogens with zero attached hydrogens (tertiary/aromatic N) is 2. The Morgan fingerprint density at radius 2 is 1.92 bits per heavy atom. The highest BCUT2D eigenvalue weighted by Gasteiger charge is 2.11. The Hall–Kier alpha value is -1.91. The second-order valence-electron chi connectivity index (χ2n) is 5.61. The van der Waals surface area contributed by atoms with Crippen LogP contribution in [0.1, 0.15) is 13.8 Å². The summed E-state index contributed by atoms with van der Waals surface area (Å²) >= 11 is 5.92. The van der Waals surface area contributed by atoms with Crippen LogP contribution in [0.3, 0.4) is 0 Å². The molecular weight excluding hydrogens is 388 g/mol. The van der Waals surface area contributed by atoms with Crippen molar-refractivity contribution >= 4 is 11.6 Å². The van der Waals surface area contributed by atoms with Crippen molar-refractivity contribution in [2.45, 2.75) is 20.4 Å². The standard InChI is InChI=1S/C19H18ClN2O.BrH/c1-14(2)9-11-22-10-3-4-16(13-22)19-21-12-18(23-19)15-5-7-17(20)8-6-15;/h3-10,12-13H,11H2,1-2H3;1H/q+1;/p-1. The van der Waals surface area contributed by atoms with Crippen LogP contribution in [0.4, 0.5) is 0 Å². The maximum atomic E-state index is 5.92. The van der Waals surface area contributed by atoms with Gasteiger partial charge in [-0.2, -0.15) is 0 Å². The third-order valence-electron chi connectivity index (χ3n) is 3.45. The van der Waals surface area contributed by atoms with Crippen molar-refractivity contribution in [1.82, 2.24) is 4.98 Å². The molecule has 0 N–H and O–H groups in total. The molecule has 2 aromatic heterocycles. The van der Waals surface area contributed by atoms with Gasteiger partial charge in [-0.1, -0.05) is 17.2 Å². The third-order valence-corrected chi connectivity index (χ3v) is 3.70. The number of rotatable bonds is 4. The molecule has 0 spiro atoms. The Morgan fingerprint density at radius 1 is 1.17 bits per heavy atom. The normalized spacial score (nSPS) is 10.1. The fourth-order valence-corrected chi connectivity index (χ4v) is 2.33. The molecule has 0 aliphatic carbocycles. The average Bonchev–Trinajstić information content (AvgIpc) is 3.04. The van der Waals surface area contributed by atoms with E-state index >= 15 is 0 Å². The lowest BCUT2D eigenvalue weighted by Gasteiger charge is -1.98. The molecule has 0 aliphatic heterocycles. The van der Waals surface area contributed by atoms with Crippen molar-refractivity contribution in [3.8, 4) is 22.8 Å². The van der Waals surface area contributed by atoms with E-state index in [4.69, 9.17) is 16.0 Å². The zero-order valence-corrected chi connectivity index (χ0v) is 15.9. The molecule has 3 nitrogen and oxygen atoms in total. The quantitative estimate of drug-likeness (QED) is 0.490. The van der Waals surface area contributed by atoms with Crippen molar-refractivity contribution in [3.05, 3.63) is 71.7 Å². The van der Waals surface area contributed by atoms with Gasteiger partial charge in [0.2, 0.25) is 5.89 Å². The lowest BCUT2D eigenvalue weighted by Crippen LogP contribution is -3.00. The first kappa shape index (κ1) is 18.4. The predicted molar refractivity (Wildman–Crippen MR) is 92.0 cm³/mol. The van der Waals surface area contributed by atoms with Crippen LogP contribution in [0.25, 0.3) is 22.8 Å². The number of pyridine rings is 1. The van der Waals surface area contributed by atoms with Gasteiger partial charge in [0.15, 0.2) is 24.7 Å². The highest BCUT2D eigenvalue weighted by molar-refractivity contribution is 6.30. The highest BCUT2D eigenvalue weighted by atomic mass is 79.9. The molecular formula is C19H18BrClN2O. The van der Waals surface area contributed by atoms with Crippen LogP contribution < -0.4 is 21.5 Å². The van der Waals surface area contributed by atoms with Crippen molar-refractivity contribution in [2.75, 3.05) is 0 Å². The van der Waals surface area contributed by atoms with Gasteiger partial charge in [0.25, 0.3) is 0 Å². The molecule has 0 radical (unpaired) electrons. The molecule has 1 aromatic carbocycles. The lowest BCUT2D eigenvalue weighted by molar-refractivity contribution is -0.686. The number of hydrogen-bond acceptors (Lipinski definition) is 2. The highest BCUT2D eigenvalue weighted by Crippen LogP contribution is 2.26. The molecule has 0 amide bonds. The number of oxazole rings is 1. The van der Waals surface area contributed by atoms with E-state index in [2.05, 4.69) is 29.5 Å². The van der Waals surface area contributed by atoms with E-state index in [1.807, 2.05) is 48.8 Å². The lowest BCUT2D eigenvalue weighted by atomic mass is 10.2. The van der Waals surface area contributed by atoms with Gasteiger partial charge in [-0.3, -0.25) is 0 Å². The molecule has 3 rings (SSSR count). The van der Waals surface area contributed by atoms with Crippen LogP contribution in [-0.4, -0.2) is 4.98 Å². The van der Waals surface area contributed by atoms with Crippen LogP contribution in [0.5, 0.6) is 0 Å². The number of allylic oxidation sites excluding steroid dienone is 2. The second-order valence-corrected chi connectivity index (χ2v) is 6.04. The van der Waals surface area contributed by atoms with Gasteiger partial charge < -0.3 is 21.4 Å². The van der Waals surface area contributed by atoms with Crippen molar-refractivity contribution in [1.29, 1.82) is 0 Å². The summed E-state index contributed by atoms with van der Waals surface area (Å²) in [4.78, 5) is 4.39. The van der Waals surface area contributed by atoms with E-state index in [9.17, 15) is 0 Å². The van der Waals surface area contributed by atoms with Gasteiger partial charge in [-0.25, -0.2) is 9.55 Å². The fraction of sp³-hybridized carbons (Fsp3) is 0.158. The first-order valence-electron chi connectivity index (χ1n) is 7.46. The summed E-state index contributed by atoms with van der Waals surface area (Å²) in [6.07, 6.45) is 7.99. The van der Waals surface area contributed by atoms with Crippen LogP contribution in [0.15, 0.2) is 71.1 Å². The minimum Gasteiger partial charge on any atom is -1.00 e. The second kappa shape index (κ2) is 8.27. The van der Waals surface area contributed by atoms with E-state index in [1.54, 1.807) is 6.20 Å². The van der Waals surface area contributed by atoms with Gasteiger partial charge in [0, 0.05) is 16.7 Å². The molecule has 0 saturated carbocycles. The van der Waals surface area contributed by atoms with E-state index in [0.29, 0.717) is 10.9 Å². The van der Waals surface area contributed by atoms with Crippen LogP contribution in [-0.2, 0) is 6.54 Å². The van der Waals surface area contributed by atoms with E-state index < -0.39 is 0 Å². The molecule has 0 bridgehead atoms. The van der Waals surface area contributed by atoms with E-state index in [0.717, 1.165) is 23.4 Å². The van der Waals surface area contributed by atoms with Crippen molar-refractivity contribution in [3.63, 3.8) is 0 Å². The maximum absolute atomic E-state index is 5.92. The van der Waals surface area contributed by atoms with Crippen LogP contribution in [0.2, 0.25) is 5.02 Å². The summed E-state index contributed by atoms with van der Waals surface area (Å²) in [6, 6.07) is 11.5. The number of aromatic nitrogens is 2. The van der Waals surface area contributed by atoms with Crippen molar-refractivity contribution in [2.24, 2.45) is 0 Å². The summed E-state index contributed by atoms with van der Waals surface area (Å²) in [5.41, 5.74) is 3.21. The van der Waals surface area contributed by atoms with Gasteiger partial charge >= 0.3 is 0 Å². The number of halogens is 2. The Labute approximate surface area is 157 Å². The Balaban J connectivity index is 0.00000208. The van der Waals surface area contributed by atoms with Gasteiger partial charge in [-0.15, -0.1) is 0 Å². The molecule has 24 heavy (non-hydrogen) atoms. The molecule has 124 valence electrons. The monoisotopic (exact) mass is 404 g/mol. The fourth-order valence-electron chi connectivity index (χ4n) is 2.21. The summed E-state index contributed by atoms with van der Waals surface area (Å²) in [7, 11) is 0. The topological polar surface area (TPSA) is 29.9 Å². The minimum atomic E-state index is 0. The zero-order chi connectivity index (χ0) is 16.2. The summed E-state index contributed by atoms with van der Waals surface area (Å²) in [5, 5.41) is 0.705. The molecule has 2 heterocycles. The SMILES string of the molecule is CC(C)=CC[n+]1cccc(-c2ncc(-c3ccc(Cl)cc3)o2)c1.[Br-]. The molecule has 0 saturated heterocycles. The molecule has 0 aliphatic rings. The van der Waals surface area contributed by atoms with Gasteiger partial charge in [0.1, 0.15) is 5.56 Å². The summed E-state index contributed by atoms with van der Waals surface area (Å²) in [6.45, 7) is 5.02. The largest absolute Gasteiger partial charge is 1.00 e. The molecule has 0 fully saturated rings. The first-order chi connectivity index (χ1) is 11.1. The third kappa shape index (κ3) is 4.56. The van der Waals surface area contributed by atoms with Gasteiger partial charge in [-0.05, 0) is 50.3 Å². The summed E-state index contributed by atoms with van der Waals surface area (Å²) < 4.78 is 8.00. The van der Waals surface area contributed by atoms with E-state index in [-0.39, 0.29) is 17.0 Å². The molecule has 3 aromatic rings. The smallest absolute Gasteiger partial charge is 0.232 e. The maximum Gasteiger partial charge on any atom is 0.232 e. The predicted octanol–water partition coefficient (Wildman–Crippen LogP) is 1.92. The van der Waals surface area contributed by atoms with Crippen molar-refractivity contribution < 1.29 is 26.0 Å². The zero-order valence-electron chi connectivity index (χ0n) is 13.5. The van der Waals surface area contributed by atoms with Crippen LogP contribution in [0, 0.1) is 0 Å². The number of hydrogen-bond donors (Lipinski definition) is 0. The van der Waals surface area contributed by atoms with Crippen LogP contribution >= 0.6 is 11.6 Å². The Morgan fingerprint density at radius 3 is 2.62 bits per heavy atom. The molecule has 0 unspecified atom stereocenters. The van der Waals surface area contributed by atoms with Gasteiger partial charge in [0.05, 0.1) is 6.20 Å². The minimum absolute atomic E-state index is 0. The number of benzene rings is 1. The van der Waals surface area contributed by atoms with E-state index in [1.165, 1.54) is 5.57 Å².